The zero-order valence-electron chi connectivity index (χ0n) is 13.6. The maximum Gasteiger partial charge on any atom is 0.230 e. The van der Waals surface area contributed by atoms with Gasteiger partial charge in [0.2, 0.25) is 11.1 Å². The normalized spacial score (nSPS) is 12.2. The van der Waals surface area contributed by atoms with Crippen LogP contribution in [0.1, 0.15) is 24.4 Å². The van der Waals surface area contributed by atoms with Crippen LogP contribution in [0.5, 0.6) is 0 Å². The Labute approximate surface area is 144 Å². The molecule has 0 unspecified atom stereocenters. The molecule has 3 rings (SSSR count). The summed E-state index contributed by atoms with van der Waals surface area (Å²) in [5, 5.41) is 13.7. The van der Waals surface area contributed by atoms with Crippen molar-refractivity contribution >= 4 is 28.4 Å². The molecule has 7 heteroatoms. The van der Waals surface area contributed by atoms with Gasteiger partial charge in [-0.2, -0.15) is 0 Å². The Morgan fingerprint density at radius 1 is 1.25 bits per heavy atom. The predicted molar refractivity (Wildman–Crippen MR) is 96.1 cm³/mol. The van der Waals surface area contributed by atoms with Crippen LogP contribution in [0.4, 0.5) is 0 Å². The van der Waals surface area contributed by atoms with Crippen LogP contribution in [-0.4, -0.2) is 26.5 Å². The average Bonchev–Trinajstić information content (AvgIpc) is 2.91. The second-order valence-electron chi connectivity index (χ2n) is 5.55. The standard InChI is InChI=1S/C17H19N5OS/c1-11(14-9-5-7-13-6-3-4-8-15(13)14)19-16(23)10-24-17-21-20-12(2)22(17)18/h3-9,11H,10,18H2,1-2H3,(H,19,23)/t11-/m1/s1. The molecule has 0 spiro atoms. The van der Waals surface area contributed by atoms with Gasteiger partial charge in [-0.3, -0.25) is 4.79 Å². The van der Waals surface area contributed by atoms with Gasteiger partial charge in [0, 0.05) is 0 Å². The molecule has 1 atom stereocenters. The molecule has 0 aliphatic rings. The van der Waals surface area contributed by atoms with Crippen LogP contribution in [-0.2, 0) is 4.79 Å². The Balaban J connectivity index is 1.66. The summed E-state index contributed by atoms with van der Waals surface area (Å²) < 4.78 is 1.38. The number of nitrogens with one attached hydrogen (secondary N) is 1. The largest absolute Gasteiger partial charge is 0.349 e. The second-order valence-corrected chi connectivity index (χ2v) is 6.49. The first-order valence-electron chi connectivity index (χ1n) is 7.63. The Kier molecular flexibility index (Phi) is 4.71. The van der Waals surface area contributed by atoms with Crippen LogP contribution >= 0.6 is 11.8 Å². The third-order valence-electron chi connectivity index (χ3n) is 3.83. The number of fused-ring (bicyclic) bond motifs is 1. The lowest BCUT2D eigenvalue weighted by atomic mass is 10.00. The van der Waals surface area contributed by atoms with Crippen LogP contribution in [0.3, 0.4) is 0 Å². The first-order valence-corrected chi connectivity index (χ1v) is 8.61. The van der Waals surface area contributed by atoms with Crippen molar-refractivity contribution < 1.29 is 4.79 Å². The molecule has 0 radical (unpaired) electrons. The number of benzene rings is 2. The highest BCUT2D eigenvalue weighted by Crippen LogP contribution is 2.24. The molecule has 6 nitrogen and oxygen atoms in total. The van der Waals surface area contributed by atoms with Crippen LogP contribution in [0, 0.1) is 6.92 Å². The van der Waals surface area contributed by atoms with Crippen molar-refractivity contribution in [2.45, 2.75) is 25.0 Å². The summed E-state index contributed by atoms with van der Waals surface area (Å²) in [6.45, 7) is 3.75. The Bertz CT molecular complexity index is 871. The quantitative estimate of drug-likeness (QED) is 0.550. The number of nitrogens with zero attached hydrogens (tertiary/aromatic N) is 3. The van der Waals surface area contributed by atoms with Crippen molar-refractivity contribution in [3.63, 3.8) is 0 Å². The van der Waals surface area contributed by atoms with Crippen LogP contribution < -0.4 is 11.2 Å². The van der Waals surface area contributed by atoms with E-state index >= 15 is 0 Å². The van der Waals surface area contributed by atoms with Gasteiger partial charge >= 0.3 is 0 Å². The minimum absolute atomic E-state index is 0.0684. The van der Waals surface area contributed by atoms with E-state index in [4.69, 9.17) is 5.84 Å². The smallest absolute Gasteiger partial charge is 0.230 e. The molecule has 0 aliphatic carbocycles. The van der Waals surface area contributed by atoms with E-state index in [0.717, 1.165) is 16.3 Å². The molecule has 24 heavy (non-hydrogen) atoms. The summed E-state index contributed by atoms with van der Waals surface area (Å²) in [6, 6.07) is 14.2. The number of aromatic nitrogens is 3. The van der Waals surface area contributed by atoms with Crippen molar-refractivity contribution in [1.29, 1.82) is 0 Å². The molecule has 0 saturated heterocycles. The van der Waals surface area contributed by atoms with E-state index in [1.165, 1.54) is 16.4 Å². The number of hydrogen-bond acceptors (Lipinski definition) is 5. The first kappa shape index (κ1) is 16.3. The molecule has 0 bridgehead atoms. The first-order chi connectivity index (χ1) is 11.6. The Morgan fingerprint density at radius 3 is 2.75 bits per heavy atom. The van der Waals surface area contributed by atoms with Crippen LogP contribution in [0.2, 0.25) is 0 Å². The molecule has 0 aliphatic heterocycles. The molecule has 0 fully saturated rings. The maximum atomic E-state index is 12.2. The minimum atomic E-state index is -0.0818. The van der Waals surface area contributed by atoms with Gasteiger partial charge in [-0.15, -0.1) is 10.2 Å². The molecular formula is C17H19N5OS. The summed E-state index contributed by atoms with van der Waals surface area (Å²) in [4.78, 5) is 12.2. The molecule has 2 aromatic carbocycles. The number of thioether (sulfide) groups is 1. The van der Waals surface area contributed by atoms with E-state index in [0.29, 0.717) is 11.0 Å². The number of nitrogens with two attached hydrogens (primary N) is 1. The third-order valence-corrected chi connectivity index (χ3v) is 4.78. The summed E-state index contributed by atoms with van der Waals surface area (Å²) in [5.74, 6) is 6.57. The average molecular weight is 341 g/mol. The van der Waals surface area contributed by atoms with Crippen molar-refractivity contribution in [3.05, 3.63) is 53.9 Å². The third kappa shape index (κ3) is 3.35. The van der Waals surface area contributed by atoms with E-state index in [9.17, 15) is 4.79 Å². The molecule has 1 amide bonds. The maximum absolute atomic E-state index is 12.2. The summed E-state index contributed by atoms with van der Waals surface area (Å²) in [6.07, 6.45) is 0. The number of carbonyl (C=O) groups is 1. The van der Waals surface area contributed by atoms with Gasteiger partial charge in [0.1, 0.15) is 5.82 Å². The van der Waals surface area contributed by atoms with E-state index < -0.39 is 0 Å². The molecule has 0 saturated carbocycles. The zero-order chi connectivity index (χ0) is 17.1. The molecule has 3 aromatic rings. The van der Waals surface area contributed by atoms with Gasteiger partial charge in [-0.25, -0.2) is 4.68 Å². The molecule has 1 heterocycles. The molecule has 1 aromatic heterocycles. The summed E-state index contributed by atoms with van der Waals surface area (Å²) >= 11 is 1.27. The van der Waals surface area contributed by atoms with Gasteiger partial charge in [0.15, 0.2) is 0 Å². The van der Waals surface area contributed by atoms with Crippen molar-refractivity contribution in [2.75, 3.05) is 11.6 Å². The van der Waals surface area contributed by atoms with Gasteiger partial charge in [0.05, 0.1) is 11.8 Å². The SMILES string of the molecule is Cc1nnc(SCC(=O)N[C@H](C)c2cccc3ccccc23)n1N. The molecular weight excluding hydrogens is 322 g/mol. The summed E-state index contributed by atoms with van der Waals surface area (Å²) in [5.41, 5.74) is 1.10. The number of amides is 1. The highest BCUT2D eigenvalue weighted by molar-refractivity contribution is 7.99. The fraction of sp³-hybridized carbons (Fsp3) is 0.235. The lowest BCUT2D eigenvalue weighted by Crippen LogP contribution is -2.28. The van der Waals surface area contributed by atoms with Gasteiger partial charge in [-0.05, 0) is 30.2 Å². The highest BCUT2D eigenvalue weighted by atomic mass is 32.2. The monoisotopic (exact) mass is 341 g/mol. The number of aryl methyl sites for hydroxylation is 1. The number of nitrogen functional groups attached to an aromatic ring is 1. The lowest BCUT2D eigenvalue weighted by Gasteiger charge is -2.16. The highest BCUT2D eigenvalue weighted by Gasteiger charge is 2.14. The van der Waals surface area contributed by atoms with E-state index in [1.807, 2.05) is 31.2 Å². The number of hydrogen-bond donors (Lipinski definition) is 2. The van der Waals surface area contributed by atoms with Gasteiger partial charge in [0.25, 0.3) is 0 Å². The lowest BCUT2D eigenvalue weighted by molar-refractivity contribution is -0.119. The van der Waals surface area contributed by atoms with Crippen LogP contribution in [0.15, 0.2) is 47.6 Å². The van der Waals surface area contributed by atoms with E-state index in [-0.39, 0.29) is 17.7 Å². The number of carbonyl (C=O) groups excluding carboxylic acids is 1. The summed E-state index contributed by atoms with van der Waals surface area (Å²) in [7, 11) is 0. The molecule has 3 N–H and O–H groups in total. The van der Waals surface area contributed by atoms with Crippen molar-refractivity contribution in [1.82, 2.24) is 20.2 Å². The van der Waals surface area contributed by atoms with Gasteiger partial charge in [-0.1, -0.05) is 54.2 Å². The fourth-order valence-electron chi connectivity index (χ4n) is 2.57. The fourth-order valence-corrected chi connectivity index (χ4v) is 3.28. The van der Waals surface area contributed by atoms with Crippen molar-refractivity contribution in [3.8, 4) is 0 Å². The topological polar surface area (TPSA) is 85.8 Å². The zero-order valence-corrected chi connectivity index (χ0v) is 14.4. The van der Waals surface area contributed by atoms with Crippen LogP contribution in [0.25, 0.3) is 10.8 Å². The molecule has 124 valence electrons. The second kappa shape index (κ2) is 6.92. The van der Waals surface area contributed by atoms with E-state index in [1.54, 1.807) is 6.92 Å². The van der Waals surface area contributed by atoms with Gasteiger partial charge < -0.3 is 11.2 Å². The van der Waals surface area contributed by atoms with E-state index in [2.05, 4.69) is 33.7 Å². The Morgan fingerprint density at radius 2 is 2.00 bits per heavy atom. The number of rotatable bonds is 5. The predicted octanol–water partition coefficient (Wildman–Crippen LogP) is 2.42. The minimum Gasteiger partial charge on any atom is -0.349 e. The Hall–Kier alpha value is -2.54. The van der Waals surface area contributed by atoms with Crippen molar-refractivity contribution in [2.24, 2.45) is 0 Å².